The summed E-state index contributed by atoms with van der Waals surface area (Å²) >= 11 is 12.1. The van der Waals surface area contributed by atoms with Gasteiger partial charge in [-0.1, -0.05) is 23.2 Å². The first kappa shape index (κ1) is 14.8. The maximum Gasteiger partial charge on any atom is 0.194 e. The van der Waals surface area contributed by atoms with Crippen molar-refractivity contribution in [3.05, 3.63) is 62.9 Å². The van der Waals surface area contributed by atoms with E-state index in [1.54, 1.807) is 6.92 Å². The van der Waals surface area contributed by atoms with Crippen LogP contribution in [0, 0.1) is 12.7 Å². The van der Waals surface area contributed by atoms with Crippen molar-refractivity contribution in [2.24, 2.45) is 0 Å². The van der Waals surface area contributed by atoms with E-state index in [-0.39, 0.29) is 16.4 Å². The van der Waals surface area contributed by atoms with Gasteiger partial charge in [0.1, 0.15) is 11.6 Å². The molecule has 0 radical (unpaired) electrons. The molecule has 0 atom stereocenters. The molecule has 2 aromatic rings. The van der Waals surface area contributed by atoms with E-state index in [1.165, 1.54) is 37.4 Å². The van der Waals surface area contributed by atoms with E-state index in [2.05, 4.69) is 0 Å². The number of ketones is 1. The van der Waals surface area contributed by atoms with Gasteiger partial charge in [-0.05, 0) is 36.8 Å². The summed E-state index contributed by atoms with van der Waals surface area (Å²) in [6.07, 6.45) is 0. The molecule has 0 aliphatic carbocycles. The van der Waals surface area contributed by atoms with Crippen LogP contribution in [0.3, 0.4) is 0 Å². The lowest BCUT2D eigenvalue weighted by molar-refractivity contribution is 0.103. The van der Waals surface area contributed by atoms with E-state index in [4.69, 9.17) is 27.9 Å². The topological polar surface area (TPSA) is 26.3 Å². The number of methoxy groups -OCH3 is 1. The molecule has 0 bridgehead atoms. The van der Waals surface area contributed by atoms with Gasteiger partial charge >= 0.3 is 0 Å². The average molecular weight is 313 g/mol. The second-order valence-corrected chi connectivity index (χ2v) is 5.07. The fraction of sp³-hybridized carbons (Fsp3) is 0.133. The summed E-state index contributed by atoms with van der Waals surface area (Å²) in [6.45, 7) is 1.66. The maximum absolute atomic E-state index is 13.1. The third-order valence-electron chi connectivity index (χ3n) is 2.92. The molecule has 0 heterocycles. The third-order valence-corrected chi connectivity index (χ3v) is 3.53. The highest BCUT2D eigenvalue weighted by Gasteiger charge is 2.18. The van der Waals surface area contributed by atoms with E-state index < -0.39 is 5.82 Å². The van der Waals surface area contributed by atoms with E-state index in [9.17, 15) is 9.18 Å². The summed E-state index contributed by atoms with van der Waals surface area (Å²) < 4.78 is 18.1. The van der Waals surface area contributed by atoms with Gasteiger partial charge in [-0.3, -0.25) is 4.79 Å². The standard InChI is InChI=1S/C15H11Cl2FO2/c1-8-5-9(18)3-4-10(8)15(19)11-6-13(17)14(20-2)7-12(11)16/h3-7H,1-2H3. The Morgan fingerprint density at radius 1 is 1.10 bits per heavy atom. The van der Waals surface area contributed by atoms with Crippen molar-refractivity contribution in [1.29, 1.82) is 0 Å². The van der Waals surface area contributed by atoms with Gasteiger partial charge in [0.2, 0.25) is 0 Å². The number of ether oxygens (including phenoxy) is 1. The zero-order chi connectivity index (χ0) is 14.9. The number of halogens is 3. The molecule has 2 nitrogen and oxygen atoms in total. The first-order chi connectivity index (χ1) is 9.43. The van der Waals surface area contributed by atoms with Gasteiger partial charge in [0, 0.05) is 17.2 Å². The largest absolute Gasteiger partial charge is 0.495 e. The fourth-order valence-electron chi connectivity index (χ4n) is 1.89. The third kappa shape index (κ3) is 2.79. The highest BCUT2D eigenvalue weighted by atomic mass is 35.5. The molecule has 2 rings (SSSR count). The number of hydrogen-bond acceptors (Lipinski definition) is 2. The summed E-state index contributed by atoms with van der Waals surface area (Å²) in [4.78, 5) is 12.4. The lowest BCUT2D eigenvalue weighted by Gasteiger charge is -2.10. The van der Waals surface area contributed by atoms with Crippen LogP contribution in [-0.2, 0) is 0 Å². The van der Waals surface area contributed by atoms with E-state index in [1.807, 2.05) is 0 Å². The van der Waals surface area contributed by atoms with Crippen LogP contribution in [-0.4, -0.2) is 12.9 Å². The summed E-state index contributed by atoms with van der Waals surface area (Å²) in [5, 5.41) is 0.528. The van der Waals surface area contributed by atoms with Crippen molar-refractivity contribution in [2.45, 2.75) is 6.92 Å². The summed E-state index contributed by atoms with van der Waals surface area (Å²) in [6, 6.07) is 6.90. The van der Waals surface area contributed by atoms with Crippen LogP contribution in [0.4, 0.5) is 4.39 Å². The molecule has 5 heteroatoms. The Hall–Kier alpha value is -1.58. The minimum absolute atomic E-state index is 0.236. The molecule has 0 N–H and O–H groups in total. The molecule has 2 aromatic carbocycles. The monoisotopic (exact) mass is 312 g/mol. The SMILES string of the molecule is COc1cc(Cl)c(C(=O)c2ccc(F)cc2C)cc1Cl. The van der Waals surface area contributed by atoms with Crippen LogP contribution < -0.4 is 4.74 Å². The smallest absolute Gasteiger partial charge is 0.194 e. The number of carbonyl (C=O) groups excluding carboxylic acids is 1. The van der Waals surface area contributed by atoms with Crippen LogP contribution in [0.2, 0.25) is 10.0 Å². The average Bonchev–Trinajstić information content (AvgIpc) is 2.40. The summed E-state index contributed by atoms with van der Waals surface area (Å²) in [5.74, 6) is -0.306. The van der Waals surface area contributed by atoms with Gasteiger partial charge in [0.05, 0.1) is 17.2 Å². The normalized spacial score (nSPS) is 10.4. The predicted molar refractivity (Wildman–Crippen MR) is 77.6 cm³/mol. The molecule has 104 valence electrons. The van der Waals surface area contributed by atoms with E-state index in [0.29, 0.717) is 21.9 Å². The van der Waals surface area contributed by atoms with Crippen molar-refractivity contribution in [3.8, 4) is 5.75 Å². The van der Waals surface area contributed by atoms with E-state index >= 15 is 0 Å². The number of benzene rings is 2. The van der Waals surface area contributed by atoms with Gasteiger partial charge < -0.3 is 4.74 Å². The highest BCUT2D eigenvalue weighted by Crippen LogP contribution is 2.32. The Labute approximate surface area is 126 Å². The van der Waals surface area contributed by atoms with Crippen molar-refractivity contribution >= 4 is 29.0 Å². The van der Waals surface area contributed by atoms with Gasteiger partial charge in [-0.25, -0.2) is 4.39 Å². The number of rotatable bonds is 3. The Morgan fingerprint density at radius 3 is 2.40 bits per heavy atom. The number of carbonyl (C=O) groups is 1. The van der Waals surface area contributed by atoms with Gasteiger partial charge in [-0.15, -0.1) is 0 Å². The molecule has 0 fully saturated rings. The minimum atomic E-state index is -0.391. The Kier molecular flexibility index (Phi) is 4.31. The Bertz CT molecular complexity index is 684. The van der Waals surface area contributed by atoms with Crippen LogP contribution in [0.25, 0.3) is 0 Å². The maximum atomic E-state index is 13.1. The number of hydrogen-bond donors (Lipinski definition) is 0. The van der Waals surface area contributed by atoms with Gasteiger partial charge in [0.25, 0.3) is 0 Å². The Morgan fingerprint density at radius 2 is 1.80 bits per heavy atom. The molecular formula is C15H11Cl2FO2. The van der Waals surface area contributed by atoms with Gasteiger partial charge in [0.15, 0.2) is 5.78 Å². The highest BCUT2D eigenvalue weighted by molar-refractivity contribution is 6.37. The first-order valence-electron chi connectivity index (χ1n) is 5.78. The molecule has 0 aliphatic heterocycles. The van der Waals surface area contributed by atoms with E-state index in [0.717, 1.165) is 0 Å². The van der Waals surface area contributed by atoms with Crippen molar-refractivity contribution in [2.75, 3.05) is 7.11 Å². The van der Waals surface area contributed by atoms with Gasteiger partial charge in [-0.2, -0.15) is 0 Å². The zero-order valence-electron chi connectivity index (χ0n) is 10.8. The molecule has 0 aromatic heterocycles. The lowest BCUT2D eigenvalue weighted by atomic mass is 9.99. The van der Waals surface area contributed by atoms with Crippen LogP contribution in [0.15, 0.2) is 30.3 Å². The lowest BCUT2D eigenvalue weighted by Crippen LogP contribution is -2.05. The number of aryl methyl sites for hydroxylation is 1. The molecule has 0 saturated carbocycles. The molecule has 20 heavy (non-hydrogen) atoms. The molecule has 0 spiro atoms. The second-order valence-electron chi connectivity index (χ2n) is 4.25. The second kappa shape index (κ2) is 5.81. The molecule has 0 unspecified atom stereocenters. The predicted octanol–water partition coefficient (Wildman–Crippen LogP) is 4.68. The quantitative estimate of drug-likeness (QED) is 0.769. The van der Waals surface area contributed by atoms with Crippen LogP contribution in [0.5, 0.6) is 5.75 Å². The van der Waals surface area contributed by atoms with Crippen LogP contribution in [0.1, 0.15) is 21.5 Å². The van der Waals surface area contributed by atoms with Crippen LogP contribution >= 0.6 is 23.2 Å². The minimum Gasteiger partial charge on any atom is -0.495 e. The summed E-state index contributed by atoms with van der Waals surface area (Å²) in [5.41, 5.74) is 1.18. The molecular weight excluding hydrogens is 302 g/mol. The Balaban J connectivity index is 2.51. The summed E-state index contributed by atoms with van der Waals surface area (Å²) in [7, 11) is 1.46. The molecule has 0 aliphatic rings. The van der Waals surface area contributed by atoms with Crippen molar-refractivity contribution in [1.82, 2.24) is 0 Å². The first-order valence-corrected chi connectivity index (χ1v) is 6.53. The zero-order valence-corrected chi connectivity index (χ0v) is 12.3. The van der Waals surface area contributed by atoms with Crippen molar-refractivity contribution in [3.63, 3.8) is 0 Å². The fourth-order valence-corrected chi connectivity index (χ4v) is 2.37. The molecule has 0 saturated heterocycles. The van der Waals surface area contributed by atoms with Crippen molar-refractivity contribution < 1.29 is 13.9 Å². The molecule has 0 amide bonds.